The van der Waals surface area contributed by atoms with Gasteiger partial charge >= 0.3 is 0 Å². The molecular weight excluding hydrogens is 198 g/mol. The minimum absolute atomic E-state index is 0.371. The Bertz CT molecular complexity index is 168. The van der Waals surface area contributed by atoms with Gasteiger partial charge in [0.25, 0.3) is 0 Å². The van der Waals surface area contributed by atoms with Crippen molar-refractivity contribution in [3.8, 4) is 0 Å². The van der Waals surface area contributed by atoms with E-state index in [1.807, 2.05) is 0 Å². The number of hydrogen-bond donors (Lipinski definition) is 1. The van der Waals surface area contributed by atoms with Crippen molar-refractivity contribution in [1.29, 1.82) is 0 Å². The van der Waals surface area contributed by atoms with Gasteiger partial charge in [-0.25, -0.2) is 0 Å². The van der Waals surface area contributed by atoms with E-state index in [9.17, 15) is 0 Å². The van der Waals surface area contributed by atoms with E-state index >= 15 is 0 Å². The van der Waals surface area contributed by atoms with Crippen LogP contribution in [-0.4, -0.2) is 25.8 Å². The van der Waals surface area contributed by atoms with Crippen LogP contribution in [0.2, 0.25) is 0 Å². The van der Waals surface area contributed by atoms with E-state index in [-0.39, 0.29) is 0 Å². The second kappa shape index (κ2) is 11.2. The highest BCUT2D eigenvalue weighted by molar-refractivity contribution is 4.96. The highest BCUT2D eigenvalue weighted by Gasteiger charge is 2.02. The molecule has 0 heterocycles. The third-order valence-corrected chi connectivity index (χ3v) is 2.66. The van der Waals surface area contributed by atoms with Gasteiger partial charge < -0.3 is 10.1 Å². The summed E-state index contributed by atoms with van der Waals surface area (Å²) in [4.78, 5) is 0. The number of hydrogen-bond acceptors (Lipinski definition) is 2. The molecule has 0 aliphatic carbocycles. The molecule has 0 saturated carbocycles. The van der Waals surface area contributed by atoms with Crippen LogP contribution in [0.4, 0.5) is 0 Å². The standard InChI is InChI=1S/C14H29NO/c1-5-7-8-9-10-14(4)16-12-13(3)11-15-6-2/h14-15H,3,5-12H2,1-2,4H3. The molecule has 16 heavy (non-hydrogen) atoms. The summed E-state index contributed by atoms with van der Waals surface area (Å²) in [6.45, 7) is 13.1. The predicted molar refractivity (Wildman–Crippen MR) is 71.9 cm³/mol. The zero-order valence-electron chi connectivity index (χ0n) is 11.3. The Morgan fingerprint density at radius 1 is 1.25 bits per heavy atom. The number of ether oxygens (including phenoxy) is 1. The molecule has 0 radical (unpaired) electrons. The first-order chi connectivity index (χ1) is 7.70. The molecule has 0 rings (SSSR count). The van der Waals surface area contributed by atoms with Crippen LogP contribution >= 0.6 is 0 Å². The van der Waals surface area contributed by atoms with Crippen molar-refractivity contribution in [2.45, 2.75) is 59.0 Å². The Morgan fingerprint density at radius 3 is 2.62 bits per heavy atom. The van der Waals surface area contributed by atoms with Gasteiger partial charge in [-0.2, -0.15) is 0 Å². The molecular formula is C14H29NO. The minimum Gasteiger partial charge on any atom is -0.374 e. The zero-order chi connectivity index (χ0) is 12.2. The average Bonchev–Trinajstić information content (AvgIpc) is 2.29. The van der Waals surface area contributed by atoms with Crippen molar-refractivity contribution in [2.75, 3.05) is 19.7 Å². The first kappa shape index (κ1) is 15.7. The van der Waals surface area contributed by atoms with E-state index in [0.29, 0.717) is 12.7 Å². The Labute approximate surface area is 101 Å². The van der Waals surface area contributed by atoms with E-state index in [1.54, 1.807) is 0 Å². The molecule has 0 spiro atoms. The molecule has 0 bridgehead atoms. The zero-order valence-corrected chi connectivity index (χ0v) is 11.3. The fraction of sp³-hybridized carbons (Fsp3) is 0.857. The van der Waals surface area contributed by atoms with Crippen LogP contribution in [0.3, 0.4) is 0 Å². The van der Waals surface area contributed by atoms with Crippen molar-refractivity contribution in [3.05, 3.63) is 12.2 Å². The van der Waals surface area contributed by atoms with E-state index in [2.05, 4.69) is 32.7 Å². The minimum atomic E-state index is 0.371. The van der Waals surface area contributed by atoms with E-state index < -0.39 is 0 Å². The van der Waals surface area contributed by atoms with Crippen molar-refractivity contribution in [2.24, 2.45) is 0 Å². The summed E-state index contributed by atoms with van der Waals surface area (Å²) in [5, 5.41) is 3.25. The fourth-order valence-corrected chi connectivity index (χ4v) is 1.55. The lowest BCUT2D eigenvalue weighted by molar-refractivity contribution is 0.0744. The molecule has 0 saturated heterocycles. The quantitative estimate of drug-likeness (QED) is 0.431. The van der Waals surface area contributed by atoms with Crippen LogP contribution in [0.15, 0.2) is 12.2 Å². The summed E-state index contributed by atoms with van der Waals surface area (Å²) in [5.74, 6) is 0. The SMILES string of the molecule is C=C(CNCC)COC(C)CCCCCC. The summed E-state index contributed by atoms with van der Waals surface area (Å²) in [7, 11) is 0. The van der Waals surface area contributed by atoms with Crippen LogP contribution in [-0.2, 0) is 4.74 Å². The van der Waals surface area contributed by atoms with Gasteiger partial charge in [0, 0.05) is 6.54 Å². The number of rotatable bonds is 11. The highest BCUT2D eigenvalue weighted by Crippen LogP contribution is 2.08. The van der Waals surface area contributed by atoms with Crippen LogP contribution in [0.25, 0.3) is 0 Å². The van der Waals surface area contributed by atoms with Gasteiger partial charge in [0.05, 0.1) is 12.7 Å². The maximum absolute atomic E-state index is 5.74. The molecule has 0 aromatic rings. The second-order valence-corrected chi connectivity index (χ2v) is 4.50. The van der Waals surface area contributed by atoms with Gasteiger partial charge in [-0.05, 0) is 25.5 Å². The van der Waals surface area contributed by atoms with Gasteiger partial charge in [-0.3, -0.25) is 0 Å². The molecule has 2 nitrogen and oxygen atoms in total. The Balaban J connectivity index is 3.34. The summed E-state index contributed by atoms with van der Waals surface area (Å²) in [5.41, 5.74) is 1.14. The van der Waals surface area contributed by atoms with Gasteiger partial charge in [-0.15, -0.1) is 0 Å². The van der Waals surface area contributed by atoms with Crippen LogP contribution in [0.5, 0.6) is 0 Å². The van der Waals surface area contributed by atoms with Crippen molar-refractivity contribution in [1.82, 2.24) is 5.32 Å². The highest BCUT2D eigenvalue weighted by atomic mass is 16.5. The molecule has 1 atom stereocenters. The summed E-state index contributed by atoms with van der Waals surface area (Å²) >= 11 is 0. The molecule has 0 aromatic heterocycles. The monoisotopic (exact) mass is 227 g/mol. The van der Waals surface area contributed by atoms with Gasteiger partial charge in [0.2, 0.25) is 0 Å². The molecule has 0 aromatic carbocycles. The third-order valence-electron chi connectivity index (χ3n) is 2.66. The van der Waals surface area contributed by atoms with Gasteiger partial charge in [0.1, 0.15) is 0 Å². The van der Waals surface area contributed by atoms with Crippen LogP contribution < -0.4 is 5.32 Å². The lowest BCUT2D eigenvalue weighted by Gasteiger charge is -2.14. The molecule has 96 valence electrons. The van der Waals surface area contributed by atoms with Crippen LogP contribution in [0, 0.1) is 0 Å². The van der Waals surface area contributed by atoms with Crippen molar-refractivity contribution in [3.63, 3.8) is 0 Å². The van der Waals surface area contributed by atoms with Crippen LogP contribution in [0.1, 0.15) is 52.9 Å². The maximum Gasteiger partial charge on any atom is 0.0690 e. The number of likely N-dealkylation sites (N-methyl/N-ethyl adjacent to an activating group) is 1. The van der Waals surface area contributed by atoms with Gasteiger partial charge in [-0.1, -0.05) is 46.1 Å². The smallest absolute Gasteiger partial charge is 0.0690 e. The third kappa shape index (κ3) is 10.2. The molecule has 0 aliphatic rings. The van der Waals surface area contributed by atoms with E-state index in [1.165, 1.54) is 32.1 Å². The number of unbranched alkanes of at least 4 members (excludes halogenated alkanes) is 3. The number of nitrogens with one attached hydrogen (secondary N) is 1. The topological polar surface area (TPSA) is 21.3 Å². The van der Waals surface area contributed by atoms with E-state index in [0.717, 1.165) is 18.7 Å². The van der Waals surface area contributed by atoms with Crippen molar-refractivity contribution >= 4 is 0 Å². The molecule has 1 N–H and O–H groups in total. The first-order valence-corrected chi connectivity index (χ1v) is 6.69. The lowest BCUT2D eigenvalue weighted by Crippen LogP contribution is -2.19. The van der Waals surface area contributed by atoms with Crippen molar-refractivity contribution < 1.29 is 4.74 Å². The fourth-order valence-electron chi connectivity index (χ4n) is 1.55. The largest absolute Gasteiger partial charge is 0.374 e. The molecule has 0 aliphatic heterocycles. The predicted octanol–water partition coefficient (Wildman–Crippen LogP) is 3.53. The molecule has 0 amide bonds. The average molecular weight is 227 g/mol. The molecule has 0 fully saturated rings. The van der Waals surface area contributed by atoms with E-state index in [4.69, 9.17) is 4.74 Å². The second-order valence-electron chi connectivity index (χ2n) is 4.50. The summed E-state index contributed by atoms with van der Waals surface area (Å²) in [6, 6.07) is 0. The molecule has 2 heteroatoms. The first-order valence-electron chi connectivity index (χ1n) is 6.69. The lowest BCUT2D eigenvalue weighted by atomic mass is 10.1. The summed E-state index contributed by atoms with van der Waals surface area (Å²) < 4.78 is 5.74. The Kier molecular flexibility index (Phi) is 10.9. The summed E-state index contributed by atoms with van der Waals surface area (Å²) in [6.07, 6.45) is 6.82. The normalized spacial score (nSPS) is 12.7. The Hall–Kier alpha value is -0.340. The Morgan fingerprint density at radius 2 is 2.00 bits per heavy atom. The molecule has 1 unspecified atom stereocenters. The maximum atomic E-state index is 5.74. The van der Waals surface area contributed by atoms with Gasteiger partial charge in [0.15, 0.2) is 0 Å².